The number of nitrogens with zero attached hydrogens (tertiary/aromatic N) is 2. The lowest BCUT2D eigenvalue weighted by Crippen LogP contribution is -2.11. The van der Waals surface area contributed by atoms with Crippen LogP contribution in [0.25, 0.3) is 0 Å². The molecule has 1 N–H and O–H groups in total. The van der Waals surface area contributed by atoms with Crippen LogP contribution in [0.4, 0.5) is 5.95 Å². The predicted molar refractivity (Wildman–Crippen MR) is 54.9 cm³/mol. The van der Waals surface area contributed by atoms with Gasteiger partial charge in [0.1, 0.15) is 0 Å². The van der Waals surface area contributed by atoms with Gasteiger partial charge < -0.3 is 10.1 Å². The minimum absolute atomic E-state index is 0.255. The molecule has 0 aromatic carbocycles. The average Bonchev–Trinajstić information content (AvgIpc) is 2.21. The molecule has 0 radical (unpaired) electrons. The van der Waals surface area contributed by atoms with Crippen LogP contribution in [-0.2, 0) is 9.53 Å². The lowest BCUT2D eigenvalue weighted by atomic mass is 10.4. The molecule has 1 heterocycles. The minimum Gasteiger partial charge on any atom is -0.469 e. The third-order valence-corrected chi connectivity index (χ3v) is 1.87. The van der Waals surface area contributed by atoms with Crippen molar-refractivity contribution in [3.8, 4) is 0 Å². The monoisotopic (exact) mass is 259 g/mol. The molecule has 0 aliphatic heterocycles. The maximum absolute atomic E-state index is 10.7. The zero-order chi connectivity index (χ0) is 10.4. The summed E-state index contributed by atoms with van der Waals surface area (Å²) < 4.78 is 5.30. The minimum atomic E-state index is -0.255. The molecule has 1 rings (SSSR count). The van der Waals surface area contributed by atoms with E-state index < -0.39 is 0 Å². The van der Waals surface area contributed by atoms with Crippen molar-refractivity contribution < 1.29 is 9.53 Å². The van der Waals surface area contributed by atoms with Gasteiger partial charge in [0.25, 0.3) is 0 Å². The molecular weight excluding hydrogens is 250 g/mol. The molecule has 14 heavy (non-hydrogen) atoms. The Labute approximate surface area is 90.0 Å². The number of hydrogen-bond donors (Lipinski definition) is 1. The Kier molecular flexibility index (Phi) is 4.31. The Morgan fingerprint density at radius 2 is 2.21 bits per heavy atom. The molecule has 0 aliphatic carbocycles. The van der Waals surface area contributed by atoms with Crippen LogP contribution in [0, 0.1) is 0 Å². The van der Waals surface area contributed by atoms with Gasteiger partial charge in [0.05, 0.1) is 18.0 Å². The second-order valence-corrected chi connectivity index (χ2v) is 3.39. The summed E-state index contributed by atoms with van der Waals surface area (Å²) in [6.07, 6.45) is 3.57. The number of nitrogens with one attached hydrogen (secondary N) is 1. The maximum Gasteiger partial charge on any atom is 0.307 e. The van der Waals surface area contributed by atoms with Gasteiger partial charge in [0.2, 0.25) is 5.95 Å². The van der Waals surface area contributed by atoms with Gasteiger partial charge in [-0.2, -0.15) is 0 Å². The van der Waals surface area contributed by atoms with E-state index in [4.69, 9.17) is 0 Å². The Morgan fingerprint density at radius 3 is 2.79 bits per heavy atom. The van der Waals surface area contributed by atoms with Crippen molar-refractivity contribution in [1.29, 1.82) is 0 Å². The number of anilines is 1. The molecule has 0 aliphatic rings. The largest absolute Gasteiger partial charge is 0.469 e. The number of rotatable bonds is 4. The number of esters is 1. The molecule has 1 aromatic heterocycles. The fourth-order valence-electron chi connectivity index (χ4n) is 0.782. The summed E-state index contributed by atoms with van der Waals surface area (Å²) in [4.78, 5) is 18.7. The Hall–Kier alpha value is -1.17. The number of halogens is 1. The van der Waals surface area contributed by atoms with Crippen molar-refractivity contribution in [2.45, 2.75) is 6.42 Å². The van der Waals surface area contributed by atoms with Gasteiger partial charge in [-0.3, -0.25) is 4.79 Å². The van der Waals surface area contributed by atoms with Gasteiger partial charge in [0, 0.05) is 18.9 Å². The van der Waals surface area contributed by atoms with E-state index in [1.165, 1.54) is 7.11 Å². The summed E-state index contributed by atoms with van der Waals surface area (Å²) in [5.41, 5.74) is 0. The molecule has 1 aromatic rings. The molecule has 0 amide bonds. The van der Waals surface area contributed by atoms with Gasteiger partial charge in [-0.05, 0) is 15.9 Å². The van der Waals surface area contributed by atoms with Crippen LogP contribution in [0.15, 0.2) is 16.9 Å². The summed E-state index contributed by atoms with van der Waals surface area (Å²) in [7, 11) is 1.36. The maximum atomic E-state index is 10.7. The summed E-state index contributed by atoms with van der Waals surface area (Å²) >= 11 is 3.22. The van der Waals surface area contributed by atoms with Gasteiger partial charge in [-0.15, -0.1) is 0 Å². The van der Waals surface area contributed by atoms with Crippen molar-refractivity contribution in [3.05, 3.63) is 16.9 Å². The first kappa shape index (κ1) is 10.9. The zero-order valence-corrected chi connectivity index (χ0v) is 9.24. The van der Waals surface area contributed by atoms with E-state index in [2.05, 4.69) is 36.0 Å². The molecule has 0 atom stereocenters. The van der Waals surface area contributed by atoms with Gasteiger partial charge in [-0.1, -0.05) is 0 Å². The topological polar surface area (TPSA) is 64.1 Å². The molecule has 0 saturated heterocycles. The van der Waals surface area contributed by atoms with E-state index in [1.54, 1.807) is 12.4 Å². The Balaban J connectivity index is 2.31. The first-order valence-corrected chi connectivity index (χ1v) is 4.80. The third kappa shape index (κ3) is 3.69. The van der Waals surface area contributed by atoms with Crippen molar-refractivity contribution in [1.82, 2.24) is 9.97 Å². The van der Waals surface area contributed by atoms with Crippen LogP contribution in [0.3, 0.4) is 0 Å². The molecule has 0 spiro atoms. The van der Waals surface area contributed by atoms with Crippen LogP contribution >= 0.6 is 15.9 Å². The number of methoxy groups -OCH3 is 1. The average molecular weight is 260 g/mol. The quantitative estimate of drug-likeness (QED) is 0.824. The fourth-order valence-corrected chi connectivity index (χ4v) is 0.987. The fraction of sp³-hybridized carbons (Fsp3) is 0.375. The molecule has 0 fully saturated rings. The van der Waals surface area contributed by atoms with Crippen molar-refractivity contribution in [2.24, 2.45) is 0 Å². The number of carbonyl (C=O) groups is 1. The Bertz CT molecular complexity index is 302. The number of carbonyl (C=O) groups excluding carboxylic acids is 1. The van der Waals surface area contributed by atoms with E-state index in [-0.39, 0.29) is 5.97 Å². The van der Waals surface area contributed by atoms with E-state index in [9.17, 15) is 4.79 Å². The third-order valence-electron chi connectivity index (χ3n) is 1.46. The smallest absolute Gasteiger partial charge is 0.307 e. The number of hydrogen-bond acceptors (Lipinski definition) is 5. The number of ether oxygens (including phenoxy) is 1. The lowest BCUT2D eigenvalue weighted by molar-refractivity contribution is -0.140. The van der Waals surface area contributed by atoms with Crippen LogP contribution in [0.5, 0.6) is 0 Å². The summed E-state index contributed by atoms with van der Waals surface area (Å²) in [6.45, 7) is 0.467. The Morgan fingerprint density at radius 1 is 1.57 bits per heavy atom. The highest BCUT2D eigenvalue weighted by Gasteiger charge is 2.00. The highest BCUT2D eigenvalue weighted by Crippen LogP contribution is 2.06. The number of aromatic nitrogens is 2. The lowest BCUT2D eigenvalue weighted by Gasteiger charge is -2.02. The van der Waals surface area contributed by atoms with Gasteiger partial charge in [0.15, 0.2) is 0 Å². The van der Waals surface area contributed by atoms with Crippen molar-refractivity contribution in [2.75, 3.05) is 19.0 Å². The SMILES string of the molecule is COC(=O)CCNc1ncc(Br)cn1. The second-order valence-electron chi connectivity index (χ2n) is 2.48. The molecule has 0 bridgehead atoms. The molecule has 0 saturated carbocycles. The molecule has 76 valence electrons. The van der Waals surface area contributed by atoms with Crippen molar-refractivity contribution >= 4 is 27.8 Å². The van der Waals surface area contributed by atoms with Crippen LogP contribution < -0.4 is 5.32 Å². The van der Waals surface area contributed by atoms with Gasteiger partial charge >= 0.3 is 5.97 Å². The van der Waals surface area contributed by atoms with E-state index in [0.717, 1.165) is 4.47 Å². The molecule has 5 nitrogen and oxygen atoms in total. The highest BCUT2D eigenvalue weighted by atomic mass is 79.9. The van der Waals surface area contributed by atoms with E-state index >= 15 is 0 Å². The molecule has 0 unspecified atom stereocenters. The normalized spacial score (nSPS) is 9.57. The van der Waals surface area contributed by atoms with Crippen LogP contribution in [0.1, 0.15) is 6.42 Å². The molecular formula is C8H10BrN3O2. The van der Waals surface area contributed by atoms with Crippen LogP contribution in [0.2, 0.25) is 0 Å². The molecule has 6 heteroatoms. The highest BCUT2D eigenvalue weighted by molar-refractivity contribution is 9.10. The zero-order valence-electron chi connectivity index (χ0n) is 7.66. The summed E-state index contributed by atoms with van der Waals surface area (Å²) in [5, 5.41) is 2.89. The first-order chi connectivity index (χ1) is 6.72. The predicted octanol–water partition coefficient (Wildman–Crippen LogP) is 1.21. The van der Waals surface area contributed by atoms with E-state index in [0.29, 0.717) is 18.9 Å². The van der Waals surface area contributed by atoms with E-state index in [1.807, 2.05) is 0 Å². The van der Waals surface area contributed by atoms with Crippen molar-refractivity contribution in [3.63, 3.8) is 0 Å². The summed E-state index contributed by atoms with van der Waals surface area (Å²) in [5.74, 6) is 0.242. The van der Waals surface area contributed by atoms with Crippen LogP contribution in [-0.4, -0.2) is 29.6 Å². The van der Waals surface area contributed by atoms with Gasteiger partial charge in [-0.25, -0.2) is 9.97 Å². The second kappa shape index (κ2) is 5.54. The standard InChI is InChI=1S/C8H10BrN3O2/c1-14-7(13)2-3-10-8-11-4-6(9)5-12-8/h4-5H,2-3H2,1H3,(H,10,11,12). The summed E-state index contributed by atoms with van der Waals surface area (Å²) in [6, 6.07) is 0. The first-order valence-electron chi connectivity index (χ1n) is 4.00.